The highest BCUT2D eigenvalue weighted by molar-refractivity contribution is 5.83. The van der Waals surface area contributed by atoms with Gasteiger partial charge in [-0.25, -0.2) is 4.79 Å². The van der Waals surface area contributed by atoms with E-state index in [1.54, 1.807) is 12.1 Å². The Morgan fingerprint density at radius 2 is 1.75 bits per heavy atom. The minimum atomic E-state index is -1.18. The number of aryl methyl sites for hydroxylation is 1. The summed E-state index contributed by atoms with van der Waals surface area (Å²) in [5.41, 5.74) is 2.78. The van der Waals surface area contributed by atoms with Crippen LogP contribution in [0.3, 0.4) is 0 Å². The van der Waals surface area contributed by atoms with Crippen LogP contribution in [-0.4, -0.2) is 17.2 Å². The second kappa shape index (κ2) is 7.15. The maximum atomic E-state index is 13.0. The summed E-state index contributed by atoms with van der Waals surface area (Å²) in [6.07, 6.45) is -1.18. The molecule has 0 aliphatic carbocycles. The van der Waals surface area contributed by atoms with Crippen molar-refractivity contribution in [3.8, 4) is 17.1 Å². The highest BCUT2D eigenvalue weighted by Crippen LogP contribution is 2.33. The van der Waals surface area contributed by atoms with E-state index in [-0.39, 0.29) is 22.4 Å². The van der Waals surface area contributed by atoms with Crippen LogP contribution in [-0.2, 0) is 10.2 Å². The molecule has 0 fully saturated rings. The summed E-state index contributed by atoms with van der Waals surface area (Å²) >= 11 is 0. The molecule has 1 aromatic heterocycles. The summed E-state index contributed by atoms with van der Waals surface area (Å²) in [6.45, 7) is 9.64. The first kappa shape index (κ1) is 19.7. The van der Waals surface area contributed by atoms with Crippen molar-refractivity contribution in [2.45, 2.75) is 46.1 Å². The van der Waals surface area contributed by atoms with E-state index in [0.29, 0.717) is 16.5 Å². The Balaban J connectivity index is 2.23. The molecule has 1 heterocycles. The van der Waals surface area contributed by atoms with E-state index in [2.05, 4.69) is 20.8 Å². The molecule has 0 saturated heterocycles. The number of ether oxygens (including phenoxy) is 1. The standard InChI is InChI=1S/C23H24O5/c1-13-6-11-17-18(12-13)28-20(21(19(17)24)27-14(2)22(25)26)15-7-9-16(10-8-15)23(3,4)5/h6-12,14H,1-5H3,(H,25,26). The molecular formula is C23H24O5. The first-order chi connectivity index (χ1) is 13.1. The van der Waals surface area contributed by atoms with Gasteiger partial charge in [0.25, 0.3) is 0 Å². The second-order valence-electron chi connectivity index (χ2n) is 8.01. The average Bonchev–Trinajstić information content (AvgIpc) is 2.62. The van der Waals surface area contributed by atoms with Gasteiger partial charge in [-0.1, -0.05) is 51.1 Å². The molecule has 0 radical (unpaired) electrons. The predicted molar refractivity (Wildman–Crippen MR) is 109 cm³/mol. The lowest BCUT2D eigenvalue weighted by atomic mass is 9.86. The predicted octanol–water partition coefficient (Wildman–Crippen LogP) is 4.92. The molecule has 0 aliphatic heterocycles. The van der Waals surface area contributed by atoms with E-state index < -0.39 is 12.1 Å². The summed E-state index contributed by atoms with van der Waals surface area (Å²) in [4.78, 5) is 24.3. The quantitative estimate of drug-likeness (QED) is 0.695. The van der Waals surface area contributed by atoms with Crippen molar-refractivity contribution in [3.63, 3.8) is 0 Å². The summed E-state index contributed by atoms with van der Waals surface area (Å²) in [7, 11) is 0. The largest absolute Gasteiger partial charge is 0.479 e. The Labute approximate surface area is 163 Å². The minimum Gasteiger partial charge on any atom is -0.479 e. The second-order valence-corrected chi connectivity index (χ2v) is 8.01. The monoisotopic (exact) mass is 380 g/mol. The van der Waals surface area contributed by atoms with E-state index in [0.717, 1.165) is 11.1 Å². The zero-order chi connectivity index (χ0) is 20.6. The highest BCUT2D eigenvalue weighted by Gasteiger charge is 2.23. The van der Waals surface area contributed by atoms with E-state index >= 15 is 0 Å². The van der Waals surface area contributed by atoms with Crippen molar-refractivity contribution in [1.82, 2.24) is 0 Å². The van der Waals surface area contributed by atoms with Crippen molar-refractivity contribution >= 4 is 16.9 Å². The molecule has 5 heteroatoms. The van der Waals surface area contributed by atoms with Crippen molar-refractivity contribution in [3.05, 3.63) is 63.8 Å². The number of hydrogen-bond donors (Lipinski definition) is 1. The summed E-state index contributed by atoms with van der Waals surface area (Å²) in [6, 6.07) is 12.9. The molecule has 1 unspecified atom stereocenters. The first-order valence-electron chi connectivity index (χ1n) is 9.16. The van der Waals surface area contributed by atoms with Gasteiger partial charge in [-0.2, -0.15) is 0 Å². The Morgan fingerprint density at radius 3 is 2.32 bits per heavy atom. The molecule has 3 aromatic rings. The molecule has 146 valence electrons. The number of carboxylic acid groups (broad SMARTS) is 1. The van der Waals surface area contributed by atoms with Gasteiger partial charge in [-0.05, 0) is 42.5 Å². The van der Waals surface area contributed by atoms with Crippen molar-refractivity contribution in [2.75, 3.05) is 0 Å². The van der Waals surface area contributed by atoms with Crippen molar-refractivity contribution in [2.24, 2.45) is 0 Å². The summed E-state index contributed by atoms with van der Waals surface area (Å²) < 4.78 is 11.6. The van der Waals surface area contributed by atoms with E-state index in [1.165, 1.54) is 6.92 Å². The fourth-order valence-electron chi connectivity index (χ4n) is 2.93. The van der Waals surface area contributed by atoms with Crippen LogP contribution < -0.4 is 10.2 Å². The third-order valence-corrected chi connectivity index (χ3v) is 4.66. The molecule has 28 heavy (non-hydrogen) atoms. The number of benzene rings is 2. The number of aliphatic carboxylic acids is 1. The highest BCUT2D eigenvalue weighted by atomic mass is 16.5. The molecule has 2 aromatic carbocycles. The lowest BCUT2D eigenvalue weighted by Gasteiger charge is -2.19. The van der Waals surface area contributed by atoms with Crippen molar-refractivity contribution < 1.29 is 19.1 Å². The zero-order valence-corrected chi connectivity index (χ0v) is 16.7. The number of fused-ring (bicyclic) bond motifs is 1. The average molecular weight is 380 g/mol. The van der Waals surface area contributed by atoms with Gasteiger partial charge in [0.05, 0.1) is 5.39 Å². The van der Waals surface area contributed by atoms with Crippen LogP contribution in [0.5, 0.6) is 5.75 Å². The SMILES string of the molecule is Cc1ccc2c(=O)c(OC(C)C(=O)O)c(-c3ccc(C(C)(C)C)cc3)oc2c1. The Bertz CT molecular complexity index is 1080. The number of rotatable bonds is 4. The van der Waals surface area contributed by atoms with E-state index in [4.69, 9.17) is 9.15 Å². The molecular weight excluding hydrogens is 356 g/mol. The normalized spacial score (nSPS) is 12.8. The maximum absolute atomic E-state index is 13.0. The van der Waals surface area contributed by atoms with Crippen LogP contribution in [0.2, 0.25) is 0 Å². The maximum Gasteiger partial charge on any atom is 0.344 e. The van der Waals surface area contributed by atoms with Gasteiger partial charge < -0.3 is 14.3 Å². The molecule has 5 nitrogen and oxygen atoms in total. The Hall–Kier alpha value is -3.08. The summed E-state index contributed by atoms with van der Waals surface area (Å²) in [5, 5.41) is 9.57. The fraction of sp³-hybridized carbons (Fsp3) is 0.304. The van der Waals surface area contributed by atoms with Gasteiger partial charge in [0.15, 0.2) is 11.9 Å². The first-order valence-corrected chi connectivity index (χ1v) is 9.16. The Morgan fingerprint density at radius 1 is 1.11 bits per heavy atom. The van der Waals surface area contributed by atoms with Crippen LogP contribution in [0.15, 0.2) is 51.7 Å². The zero-order valence-electron chi connectivity index (χ0n) is 16.7. The molecule has 0 saturated carbocycles. The van der Waals surface area contributed by atoms with Crippen LogP contribution >= 0.6 is 0 Å². The molecule has 0 spiro atoms. The van der Waals surface area contributed by atoms with Gasteiger partial charge in [0.2, 0.25) is 11.2 Å². The van der Waals surface area contributed by atoms with E-state index in [9.17, 15) is 14.7 Å². The van der Waals surface area contributed by atoms with Crippen molar-refractivity contribution in [1.29, 1.82) is 0 Å². The third-order valence-electron chi connectivity index (χ3n) is 4.66. The van der Waals surface area contributed by atoms with Gasteiger partial charge in [0, 0.05) is 5.56 Å². The van der Waals surface area contributed by atoms with Gasteiger partial charge in [0.1, 0.15) is 5.58 Å². The Kier molecular flexibility index (Phi) is 5.02. The molecule has 1 atom stereocenters. The van der Waals surface area contributed by atoms with E-state index in [1.807, 2.05) is 37.3 Å². The van der Waals surface area contributed by atoms with Crippen LogP contribution in [0, 0.1) is 6.92 Å². The lowest BCUT2D eigenvalue weighted by Crippen LogP contribution is -2.26. The lowest BCUT2D eigenvalue weighted by molar-refractivity contribution is -0.144. The van der Waals surface area contributed by atoms with Gasteiger partial charge >= 0.3 is 5.97 Å². The summed E-state index contributed by atoms with van der Waals surface area (Å²) in [5.74, 6) is -1.01. The molecule has 0 bridgehead atoms. The molecule has 3 rings (SSSR count). The van der Waals surface area contributed by atoms with Gasteiger partial charge in [-0.3, -0.25) is 4.79 Å². The van der Waals surface area contributed by atoms with Crippen LogP contribution in [0.1, 0.15) is 38.8 Å². The number of carboxylic acids is 1. The topological polar surface area (TPSA) is 76.7 Å². The van der Waals surface area contributed by atoms with Gasteiger partial charge in [-0.15, -0.1) is 0 Å². The third kappa shape index (κ3) is 3.79. The molecule has 1 N–H and O–H groups in total. The minimum absolute atomic E-state index is 0.0168. The number of hydrogen-bond acceptors (Lipinski definition) is 4. The van der Waals surface area contributed by atoms with Crippen LogP contribution in [0.25, 0.3) is 22.3 Å². The van der Waals surface area contributed by atoms with Crippen LogP contribution in [0.4, 0.5) is 0 Å². The number of carbonyl (C=O) groups is 1. The molecule has 0 aliphatic rings. The smallest absolute Gasteiger partial charge is 0.344 e. The molecule has 0 amide bonds. The fourth-order valence-corrected chi connectivity index (χ4v) is 2.93.